The second kappa shape index (κ2) is 5.89. The molecule has 3 heteroatoms. The molecule has 94 valence electrons. The predicted molar refractivity (Wildman–Crippen MR) is 79.6 cm³/mol. The van der Waals surface area contributed by atoms with E-state index in [1.165, 1.54) is 22.1 Å². The largest absolute Gasteiger partial charge is 0.207 e. The molecular formula is C15H14BrFS. The maximum absolute atomic E-state index is 13.2. The zero-order valence-corrected chi connectivity index (χ0v) is 12.7. The van der Waals surface area contributed by atoms with Crippen LogP contribution in [-0.2, 0) is 5.75 Å². The minimum atomic E-state index is -0.194. The van der Waals surface area contributed by atoms with Crippen LogP contribution in [0.1, 0.15) is 16.7 Å². The van der Waals surface area contributed by atoms with E-state index in [9.17, 15) is 4.39 Å². The third-order valence-electron chi connectivity index (χ3n) is 2.65. The van der Waals surface area contributed by atoms with Crippen molar-refractivity contribution in [2.24, 2.45) is 0 Å². The van der Waals surface area contributed by atoms with E-state index < -0.39 is 0 Å². The molecule has 0 heterocycles. The molecule has 0 aliphatic heterocycles. The van der Waals surface area contributed by atoms with Crippen LogP contribution in [0.25, 0.3) is 0 Å². The van der Waals surface area contributed by atoms with Crippen molar-refractivity contribution >= 4 is 27.7 Å². The van der Waals surface area contributed by atoms with Crippen LogP contribution in [0.15, 0.2) is 45.8 Å². The third-order valence-corrected chi connectivity index (χ3v) is 4.35. The van der Waals surface area contributed by atoms with Gasteiger partial charge in [0.15, 0.2) is 0 Å². The summed E-state index contributed by atoms with van der Waals surface area (Å²) in [5, 5.41) is 0. The summed E-state index contributed by atoms with van der Waals surface area (Å²) in [6.45, 7) is 4.20. The van der Waals surface area contributed by atoms with Gasteiger partial charge in [0.25, 0.3) is 0 Å². The van der Waals surface area contributed by atoms with E-state index in [-0.39, 0.29) is 5.82 Å². The zero-order chi connectivity index (χ0) is 13.1. The fourth-order valence-corrected chi connectivity index (χ4v) is 3.27. The molecule has 0 bridgehead atoms. The van der Waals surface area contributed by atoms with Gasteiger partial charge in [-0.25, -0.2) is 4.39 Å². The third kappa shape index (κ3) is 3.59. The van der Waals surface area contributed by atoms with E-state index in [0.29, 0.717) is 0 Å². The summed E-state index contributed by atoms with van der Waals surface area (Å²) < 4.78 is 14.0. The molecule has 2 rings (SSSR count). The lowest BCUT2D eigenvalue weighted by atomic mass is 10.2. The summed E-state index contributed by atoms with van der Waals surface area (Å²) in [5.41, 5.74) is 3.53. The molecule has 0 radical (unpaired) electrons. The standard InChI is InChI=1S/C15H14BrFS/c1-10-3-4-15(11(2)5-10)18-9-12-6-13(16)8-14(17)7-12/h3-8H,9H2,1-2H3. The van der Waals surface area contributed by atoms with Crippen LogP contribution < -0.4 is 0 Å². The molecule has 0 saturated carbocycles. The van der Waals surface area contributed by atoms with Gasteiger partial charge in [-0.3, -0.25) is 0 Å². The minimum Gasteiger partial charge on any atom is -0.207 e. The van der Waals surface area contributed by atoms with Crippen molar-refractivity contribution in [1.82, 2.24) is 0 Å². The Bertz CT molecular complexity index is 546. The summed E-state index contributed by atoms with van der Waals surface area (Å²) in [4.78, 5) is 1.25. The number of rotatable bonds is 3. The first-order chi connectivity index (χ1) is 8.54. The van der Waals surface area contributed by atoms with Gasteiger partial charge in [0, 0.05) is 15.1 Å². The number of hydrogen-bond acceptors (Lipinski definition) is 1. The number of thioether (sulfide) groups is 1. The molecule has 0 N–H and O–H groups in total. The maximum atomic E-state index is 13.2. The Hall–Kier alpha value is -0.800. The highest BCUT2D eigenvalue weighted by atomic mass is 79.9. The minimum absolute atomic E-state index is 0.194. The van der Waals surface area contributed by atoms with Crippen molar-refractivity contribution in [3.8, 4) is 0 Å². The maximum Gasteiger partial charge on any atom is 0.124 e. The van der Waals surface area contributed by atoms with Crippen molar-refractivity contribution < 1.29 is 4.39 Å². The molecule has 2 aromatic rings. The molecule has 0 aromatic heterocycles. The Morgan fingerprint density at radius 1 is 1.11 bits per heavy atom. The van der Waals surface area contributed by atoms with Gasteiger partial charge in [-0.1, -0.05) is 33.6 Å². The van der Waals surface area contributed by atoms with Crippen LogP contribution >= 0.6 is 27.7 Å². The van der Waals surface area contributed by atoms with Crippen molar-refractivity contribution in [3.05, 3.63) is 63.4 Å². The van der Waals surface area contributed by atoms with Crippen LogP contribution in [0.3, 0.4) is 0 Å². The Morgan fingerprint density at radius 3 is 2.56 bits per heavy atom. The van der Waals surface area contributed by atoms with Gasteiger partial charge in [0.05, 0.1) is 0 Å². The molecular weight excluding hydrogens is 311 g/mol. The summed E-state index contributed by atoms with van der Waals surface area (Å²) >= 11 is 5.05. The van der Waals surface area contributed by atoms with E-state index in [0.717, 1.165) is 15.8 Å². The molecule has 0 unspecified atom stereocenters. The Morgan fingerprint density at radius 2 is 1.89 bits per heavy atom. The van der Waals surface area contributed by atoms with Crippen molar-refractivity contribution in [3.63, 3.8) is 0 Å². The molecule has 0 amide bonds. The van der Waals surface area contributed by atoms with Crippen LogP contribution in [-0.4, -0.2) is 0 Å². The number of halogens is 2. The van der Waals surface area contributed by atoms with E-state index in [2.05, 4.69) is 48.0 Å². The van der Waals surface area contributed by atoms with Gasteiger partial charge in [0.2, 0.25) is 0 Å². The Balaban J connectivity index is 2.11. The van der Waals surface area contributed by atoms with Crippen molar-refractivity contribution in [2.45, 2.75) is 24.5 Å². The van der Waals surface area contributed by atoms with Crippen molar-refractivity contribution in [2.75, 3.05) is 0 Å². The van der Waals surface area contributed by atoms with Crippen LogP contribution in [0, 0.1) is 19.7 Å². The normalized spacial score (nSPS) is 10.7. The highest BCUT2D eigenvalue weighted by Crippen LogP contribution is 2.28. The highest BCUT2D eigenvalue weighted by Gasteiger charge is 2.03. The quantitative estimate of drug-likeness (QED) is 0.672. The summed E-state index contributed by atoms with van der Waals surface area (Å²) in [6.07, 6.45) is 0. The van der Waals surface area contributed by atoms with Gasteiger partial charge in [-0.2, -0.15) is 0 Å². The SMILES string of the molecule is Cc1ccc(SCc2cc(F)cc(Br)c2)c(C)c1. The summed E-state index contributed by atoms with van der Waals surface area (Å²) in [7, 11) is 0. The summed E-state index contributed by atoms with van der Waals surface area (Å²) in [5.74, 6) is 0.584. The first-order valence-corrected chi connectivity index (χ1v) is 7.47. The Kier molecular flexibility index (Phi) is 4.46. The molecule has 0 saturated heterocycles. The predicted octanol–water partition coefficient (Wildman–Crippen LogP) is 5.50. The number of hydrogen-bond donors (Lipinski definition) is 0. The van der Waals surface area contributed by atoms with E-state index in [1.54, 1.807) is 17.8 Å². The van der Waals surface area contributed by atoms with Crippen LogP contribution in [0.2, 0.25) is 0 Å². The number of benzene rings is 2. The smallest absolute Gasteiger partial charge is 0.124 e. The van der Waals surface area contributed by atoms with Gasteiger partial charge < -0.3 is 0 Å². The Labute approximate surface area is 120 Å². The van der Waals surface area contributed by atoms with E-state index in [1.807, 2.05) is 6.07 Å². The fourth-order valence-electron chi connectivity index (χ4n) is 1.82. The van der Waals surface area contributed by atoms with Crippen LogP contribution in [0.5, 0.6) is 0 Å². The monoisotopic (exact) mass is 324 g/mol. The van der Waals surface area contributed by atoms with Gasteiger partial charge in [0.1, 0.15) is 5.82 Å². The van der Waals surface area contributed by atoms with E-state index >= 15 is 0 Å². The molecule has 0 nitrogen and oxygen atoms in total. The lowest BCUT2D eigenvalue weighted by molar-refractivity contribution is 0.625. The second-order valence-electron chi connectivity index (χ2n) is 4.34. The number of aryl methyl sites for hydroxylation is 2. The first-order valence-electron chi connectivity index (χ1n) is 5.69. The average molecular weight is 325 g/mol. The van der Waals surface area contributed by atoms with Crippen LogP contribution in [0.4, 0.5) is 4.39 Å². The summed E-state index contributed by atoms with van der Waals surface area (Å²) in [6, 6.07) is 11.4. The fraction of sp³-hybridized carbons (Fsp3) is 0.200. The second-order valence-corrected chi connectivity index (χ2v) is 6.27. The lowest BCUT2D eigenvalue weighted by Crippen LogP contribution is -1.86. The van der Waals surface area contributed by atoms with Gasteiger partial charge in [-0.05, 0) is 49.2 Å². The zero-order valence-electron chi connectivity index (χ0n) is 10.3. The van der Waals surface area contributed by atoms with E-state index in [4.69, 9.17) is 0 Å². The molecule has 0 atom stereocenters. The van der Waals surface area contributed by atoms with Crippen molar-refractivity contribution in [1.29, 1.82) is 0 Å². The highest BCUT2D eigenvalue weighted by molar-refractivity contribution is 9.10. The first kappa shape index (κ1) is 13.6. The average Bonchev–Trinajstić information content (AvgIpc) is 2.26. The molecule has 2 aromatic carbocycles. The molecule has 0 spiro atoms. The lowest BCUT2D eigenvalue weighted by Gasteiger charge is -2.07. The molecule has 0 aliphatic carbocycles. The molecule has 0 aliphatic rings. The topological polar surface area (TPSA) is 0 Å². The molecule has 0 fully saturated rings. The van der Waals surface area contributed by atoms with Gasteiger partial charge >= 0.3 is 0 Å². The molecule has 18 heavy (non-hydrogen) atoms. The van der Waals surface area contributed by atoms with Gasteiger partial charge in [-0.15, -0.1) is 11.8 Å².